The normalized spacial score (nSPS) is 12.1. The number of hydrogen-bond donors (Lipinski definition) is 1. The molecule has 5 heteroatoms. The quantitative estimate of drug-likeness (QED) is 0.558. The predicted octanol–water partition coefficient (Wildman–Crippen LogP) is 4.61. The monoisotopic (exact) mass is 370 g/mol. The van der Waals surface area contributed by atoms with E-state index in [-0.39, 0.29) is 11.9 Å². The van der Waals surface area contributed by atoms with Crippen molar-refractivity contribution in [2.75, 3.05) is 0 Å². The summed E-state index contributed by atoms with van der Waals surface area (Å²) in [5, 5.41) is 8.27. The van der Waals surface area contributed by atoms with E-state index < -0.39 is 0 Å². The predicted molar refractivity (Wildman–Crippen MR) is 111 cm³/mol. The first kappa shape index (κ1) is 17.9. The second-order valence-corrected chi connectivity index (χ2v) is 6.72. The molecular weight excluding hydrogens is 348 g/mol. The molecule has 28 heavy (non-hydrogen) atoms. The van der Waals surface area contributed by atoms with Crippen LogP contribution in [-0.4, -0.2) is 20.7 Å². The van der Waals surface area contributed by atoms with Crippen molar-refractivity contribution >= 4 is 16.9 Å². The van der Waals surface area contributed by atoms with E-state index in [4.69, 9.17) is 4.98 Å². The van der Waals surface area contributed by atoms with Crippen molar-refractivity contribution in [3.8, 4) is 11.3 Å². The van der Waals surface area contributed by atoms with Gasteiger partial charge in [-0.3, -0.25) is 4.79 Å². The maximum absolute atomic E-state index is 13.1. The number of amides is 1. The van der Waals surface area contributed by atoms with E-state index >= 15 is 0 Å². The molecule has 0 saturated carbocycles. The Morgan fingerprint density at radius 1 is 1.07 bits per heavy atom. The van der Waals surface area contributed by atoms with E-state index in [1.807, 2.05) is 85.3 Å². The molecule has 0 fully saturated rings. The zero-order chi connectivity index (χ0) is 19.5. The fourth-order valence-corrected chi connectivity index (χ4v) is 3.32. The minimum absolute atomic E-state index is 0.0988. The minimum Gasteiger partial charge on any atom is -0.345 e. The van der Waals surface area contributed by atoms with Gasteiger partial charge in [-0.25, -0.2) is 9.67 Å². The molecule has 0 saturated heterocycles. The number of carbonyl (C=O) groups is 1. The van der Waals surface area contributed by atoms with E-state index in [1.54, 1.807) is 6.20 Å². The Hall–Kier alpha value is -3.47. The van der Waals surface area contributed by atoms with Crippen LogP contribution in [-0.2, 0) is 6.54 Å². The SMILES string of the molecule is CCn1ncc2c(C(=O)N[C@@H](C)c3ccccc3)cc(-c3ccccc3)nc21. The fourth-order valence-electron chi connectivity index (χ4n) is 3.32. The molecule has 0 aliphatic rings. The van der Waals surface area contributed by atoms with Crippen molar-refractivity contribution in [2.24, 2.45) is 0 Å². The van der Waals surface area contributed by atoms with E-state index in [0.29, 0.717) is 12.1 Å². The molecule has 0 unspecified atom stereocenters. The van der Waals surface area contributed by atoms with Crippen molar-refractivity contribution in [1.29, 1.82) is 0 Å². The van der Waals surface area contributed by atoms with Crippen LogP contribution in [0.5, 0.6) is 0 Å². The Labute approximate surface area is 164 Å². The number of hydrogen-bond acceptors (Lipinski definition) is 3. The molecule has 0 aliphatic heterocycles. The largest absolute Gasteiger partial charge is 0.345 e. The first-order valence-electron chi connectivity index (χ1n) is 9.45. The van der Waals surface area contributed by atoms with Gasteiger partial charge in [-0.2, -0.15) is 5.10 Å². The number of aryl methyl sites for hydroxylation is 1. The Morgan fingerprint density at radius 3 is 2.43 bits per heavy atom. The highest BCUT2D eigenvalue weighted by Gasteiger charge is 2.19. The number of benzene rings is 2. The fraction of sp³-hybridized carbons (Fsp3) is 0.174. The summed E-state index contributed by atoms with van der Waals surface area (Å²) in [4.78, 5) is 17.9. The van der Waals surface area contributed by atoms with E-state index in [2.05, 4.69) is 10.4 Å². The summed E-state index contributed by atoms with van der Waals surface area (Å²) < 4.78 is 1.82. The van der Waals surface area contributed by atoms with Gasteiger partial charge in [-0.1, -0.05) is 60.7 Å². The highest BCUT2D eigenvalue weighted by atomic mass is 16.1. The van der Waals surface area contributed by atoms with Crippen molar-refractivity contribution in [3.63, 3.8) is 0 Å². The maximum Gasteiger partial charge on any atom is 0.252 e. The van der Waals surface area contributed by atoms with Crippen LogP contribution < -0.4 is 5.32 Å². The number of nitrogens with one attached hydrogen (secondary N) is 1. The number of pyridine rings is 1. The lowest BCUT2D eigenvalue weighted by molar-refractivity contribution is 0.0941. The molecule has 4 rings (SSSR count). The number of nitrogens with zero attached hydrogens (tertiary/aromatic N) is 3. The molecule has 5 nitrogen and oxygen atoms in total. The van der Waals surface area contributed by atoms with Crippen LogP contribution in [0.2, 0.25) is 0 Å². The smallest absolute Gasteiger partial charge is 0.252 e. The Bertz CT molecular complexity index is 1100. The summed E-state index contributed by atoms with van der Waals surface area (Å²) in [6.45, 7) is 4.69. The van der Waals surface area contributed by atoms with Gasteiger partial charge in [0, 0.05) is 12.1 Å². The standard InChI is InChI=1S/C23H22N4O/c1-3-27-22-20(15-24-27)19(14-21(26-22)18-12-8-5-9-13-18)23(28)25-16(2)17-10-6-4-7-11-17/h4-16H,3H2,1-2H3,(H,25,28)/t16-/m0/s1. The van der Waals surface area contributed by atoms with E-state index in [9.17, 15) is 4.79 Å². The van der Waals surface area contributed by atoms with Crippen LogP contribution in [0.3, 0.4) is 0 Å². The molecule has 140 valence electrons. The third-order valence-electron chi connectivity index (χ3n) is 4.87. The summed E-state index contributed by atoms with van der Waals surface area (Å²) in [5.74, 6) is -0.128. The van der Waals surface area contributed by atoms with Crippen LogP contribution in [0.4, 0.5) is 0 Å². The third-order valence-corrected chi connectivity index (χ3v) is 4.87. The molecule has 0 spiro atoms. The molecule has 4 aromatic rings. The molecule has 0 aliphatic carbocycles. The molecule has 2 aromatic heterocycles. The van der Waals surface area contributed by atoms with Crippen LogP contribution >= 0.6 is 0 Å². The highest BCUT2D eigenvalue weighted by molar-refractivity contribution is 6.06. The molecule has 1 atom stereocenters. The summed E-state index contributed by atoms with van der Waals surface area (Å²) in [6, 6.07) is 21.6. The molecule has 1 N–H and O–H groups in total. The zero-order valence-corrected chi connectivity index (χ0v) is 16.0. The van der Waals surface area contributed by atoms with E-state index in [1.165, 1.54) is 0 Å². The van der Waals surface area contributed by atoms with Crippen molar-refractivity contribution in [1.82, 2.24) is 20.1 Å². The molecule has 0 radical (unpaired) electrons. The second-order valence-electron chi connectivity index (χ2n) is 6.72. The van der Waals surface area contributed by atoms with E-state index in [0.717, 1.165) is 27.9 Å². The van der Waals surface area contributed by atoms with Gasteiger partial charge in [-0.05, 0) is 25.5 Å². The number of aromatic nitrogens is 3. The van der Waals surface area contributed by atoms with Crippen LogP contribution in [0, 0.1) is 0 Å². The molecule has 1 amide bonds. The molecule has 2 aromatic carbocycles. The highest BCUT2D eigenvalue weighted by Crippen LogP contribution is 2.25. The van der Waals surface area contributed by atoms with Gasteiger partial charge >= 0.3 is 0 Å². The summed E-state index contributed by atoms with van der Waals surface area (Å²) in [6.07, 6.45) is 1.72. The summed E-state index contributed by atoms with van der Waals surface area (Å²) >= 11 is 0. The van der Waals surface area contributed by atoms with Crippen molar-refractivity contribution < 1.29 is 4.79 Å². The Kier molecular flexibility index (Phi) is 4.89. The lowest BCUT2D eigenvalue weighted by atomic mass is 10.0. The Morgan fingerprint density at radius 2 is 1.75 bits per heavy atom. The van der Waals surface area contributed by atoms with Gasteiger partial charge in [0.05, 0.1) is 28.9 Å². The van der Waals surface area contributed by atoms with Gasteiger partial charge < -0.3 is 5.32 Å². The van der Waals surface area contributed by atoms with Gasteiger partial charge in [0.25, 0.3) is 5.91 Å². The lowest BCUT2D eigenvalue weighted by Crippen LogP contribution is -2.27. The first-order chi connectivity index (χ1) is 13.7. The van der Waals surface area contributed by atoms with Crippen LogP contribution in [0.25, 0.3) is 22.3 Å². The van der Waals surface area contributed by atoms with Crippen molar-refractivity contribution in [2.45, 2.75) is 26.4 Å². The zero-order valence-electron chi connectivity index (χ0n) is 16.0. The van der Waals surface area contributed by atoms with Gasteiger partial charge in [0.15, 0.2) is 5.65 Å². The van der Waals surface area contributed by atoms with Gasteiger partial charge in [0.2, 0.25) is 0 Å². The topological polar surface area (TPSA) is 59.8 Å². The van der Waals surface area contributed by atoms with Crippen molar-refractivity contribution in [3.05, 3.63) is 84.1 Å². The Balaban J connectivity index is 1.77. The average Bonchev–Trinajstić information content (AvgIpc) is 3.17. The maximum atomic E-state index is 13.1. The summed E-state index contributed by atoms with van der Waals surface area (Å²) in [7, 11) is 0. The molecular formula is C23H22N4O. The number of carbonyl (C=O) groups excluding carboxylic acids is 1. The minimum atomic E-state index is -0.128. The third kappa shape index (κ3) is 3.39. The second kappa shape index (κ2) is 7.64. The number of fused-ring (bicyclic) bond motifs is 1. The van der Waals surface area contributed by atoms with Crippen LogP contribution in [0.1, 0.15) is 35.8 Å². The summed E-state index contributed by atoms with van der Waals surface area (Å²) in [5.41, 5.74) is 4.11. The number of rotatable bonds is 5. The first-order valence-corrected chi connectivity index (χ1v) is 9.45. The average molecular weight is 370 g/mol. The van der Waals surface area contributed by atoms with Crippen LogP contribution in [0.15, 0.2) is 72.9 Å². The van der Waals surface area contributed by atoms with Gasteiger partial charge in [0.1, 0.15) is 0 Å². The van der Waals surface area contributed by atoms with Gasteiger partial charge in [-0.15, -0.1) is 0 Å². The molecule has 2 heterocycles. The molecule has 0 bridgehead atoms. The lowest BCUT2D eigenvalue weighted by Gasteiger charge is -2.15.